The van der Waals surface area contributed by atoms with Gasteiger partial charge in [0.15, 0.2) is 5.70 Å². The van der Waals surface area contributed by atoms with Gasteiger partial charge in [0, 0.05) is 25.3 Å². The monoisotopic (exact) mass is 507 g/mol. The number of para-hydroxylation sites is 1. The molecule has 3 heterocycles. The molecule has 0 radical (unpaired) electrons. The average molecular weight is 508 g/mol. The summed E-state index contributed by atoms with van der Waals surface area (Å²) in [6.45, 7) is 6.84. The van der Waals surface area contributed by atoms with Crippen LogP contribution in [0.5, 0.6) is 0 Å². The zero-order chi connectivity index (χ0) is 26.7. The Morgan fingerprint density at radius 1 is 1.19 bits per heavy atom. The van der Waals surface area contributed by atoms with E-state index in [-0.39, 0.29) is 29.7 Å². The largest absolute Gasteiger partial charge is 0.466 e. The van der Waals surface area contributed by atoms with E-state index >= 15 is 0 Å². The van der Waals surface area contributed by atoms with Crippen molar-refractivity contribution in [3.05, 3.63) is 41.1 Å². The number of aliphatic imine (C=N–C) groups is 1. The highest BCUT2D eigenvalue weighted by molar-refractivity contribution is 6.15. The standard InChI is InChI=1S/C28H33N3O6/c1-6-7-15-30-20-12-9-8-11-19(20)28-14-13-21(32)31(16-10-17-37-18(2)3)27(28)29-23(26(34)36-5)22(24(28)30)25(33)35-4/h8-9,11-12,18,24H,10,13-17H2,1-5H3/t24-,28-/m0/s1. The lowest BCUT2D eigenvalue weighted by atomic mass is 9.65. The number of esters is 2. The zero-order valence-corrected chi connectivity index (χ0v) is 22.0. The summed E-state index contributed by atoms with van der Waals surface area (Å²) >= 11 is 0. The van der Waals surface area contributed by atoms with Crippen LogP contribution in [0.4, 0.5) is 5.69 Å². The van der Waals surface area contributed by atoms with Gasteiger partial charge in [0.05, 0.1) is 43.9 Å². The van der Waals surface area contributed by atoms with Gasteiger partial charge < -0.3 is 19.1 Å². The number of carbonyl (C=O) groups excluding carboxylic acids is 3. The fourth-order valence-corrected chi connectivity index (χ4v) is 5.62. The summed E-state index contributed by atoms with van der Waals surface area (Å²) < 4.78 is 15.9. The fraction of sp³-hybridized carbons (Fsp3) is 0.500. The first-order chi connectivity index (χ1) is 17.8. The lowest BCUT2D eigenvalue weighted by Crippen LogP contribution is -2.63. The van der Waals surface area contributed by atoms with Crippen LogP contribution in [0, 0.1) is 11.8 Å². The Bertz CT molecular complexity index is 1220. The third kappa shape index (κ3) is 4.40. The Labute approximate surface area is 217 Å². The summed E-state index contributed by atoms with van der Waals surface area (Å²) in [5.74, 6) is 4.98. The molecule has 0 saturated carbocycles. The van der Waals surface area contributed by atoms with Crippen molar-refractivity contribution < 1.29 is 28.6 Å². The summed E-state index contributed by atoms with van der Waals surface area (Å²) in [5.41, 5.74) is 0.945. The number of hydrogen-bond donors (Lipinski definition) is 0. The van der Waals surface area contributed by atoms with Gasteiger partial charge in [-0.05, 0) is 45.2 Å². The van der Waals surface area contributed by atoms with E-state index in [1.807, 2.05) is 43.0 Å². The Morgan fingerprint density at radius 2 is 1.92 bits per heavy atom. The first kappa shape index (κ1) is 26.4. The number of nitrogens with zero attached hydrogens (tertiary/aromatic N) is 3. The molecular formula is C28H33N3O6. The maximum Gasteiger partial charge on any atom is 0.357 e. The molecule has 196 valence electrons. The number of hydrogen-bond acceptors (Lipinski definition) is 8. The second-order valence-electron chi connectivity index (χ2n) is 9.45. The van der Waals surface area contributed by atoms with Crippen LogP contribution in [-0.4, -0.2) is 74.6 Å². The summed E-state index contributed by atoms with van der Waals surface area (Å²) in [6, 6.07) is 7.19. The molecule has 1 fully saturated rings. The lowest BCUT2D eigenvalue weighted by Gasteiger charge is -2.48. The number of rotatable bonds is 8. The number of likely N-dealkylation sites (tertiary alicyclic amines) is 1. The van der Waals surface area contributed by atoms with Crippen molar-refractivity contribution in [3.63, 3.8) is 0 Å². The number of carbonyl (C=O) groups is 3. The Kier molecular flexibility index (Phi) is 7.69. The number of piperidine rings is 1. The maximum atomic E-state index is 13.3. The fourth-order valence-electron chi connectivity index (χ4n) is 5.62. The number of benzene rings is 1. The van der Waals surface area contributed by atoms with Crippen molar-refractivity contribution in [2.24, 2.45) is 4.99 Å². The zero-order valence-electron chi connectivity index (χ0n) is 22.0. The second kappa shape index (κ2) is 10.8. The SMILES string of the molecule is CC#CCN1c2ccccc2[C@]23CCC(=O)N(CCCOC(C)C)C2=NC(C(=O)OC)=C(C(=O)OC)[C@H]13. The summed E-state index contributed by atoms with van der Waals surface area (Å²) in [4.78, 5) is 48.0. The van der Waals surface area contributed by atoms with E-state index in [0.29, 0.717) is 38.4 Å². The minimum Gasteiger partial charge on any atom is -0.466 e. The molecule has 1 amide bonds. The van der Waals surface area contributed by atoms with Crippen molar-refractivity contribution in [3.8, 4) is 11.8 Å². The van der Waals surface area contributed by atoms with E-state index in [4.69, 9.17) is 19.2 Å². The van der Waals surface area contributed by atoms with Gasteiger partial charge in [-0.25, -0.2) is 14.6 Å². The molecule has 1 saturated heterocycles. The van der Waals surface area contributed by atoms with Crippen molar-refractivity contribution in [2.45, 2.75) is 57.6 Å². The van der Waals surface area contributed by atoms with E-state index < -0.39 is 23.4 Å². The van der Waals surface area contributed by atoms with Gasteiger partial charge in [-0.3, -0.25) is 9.69 Å². The molecule has 3 aliphatic heterocycles. The van der Waals surface area contributed by atoms with Crippen LogP contribution < -0.4 is 4.90 Å². The van der Waals surface area contributed by atoms with E-state index in [1.54, 1.807) is 11.8 Å². The third-order valence-corrected chi connectivity index (χ3v) is 7.10. The van der Waals surface area contributed by atoms with E-state index in [0.717, 1.165) is 11.3 Å². The Hall–Kier alpha value is -3.64. The van der Waals surface area contributed by atoms with Gasteiger partial charge in [-0.1, -0.05) is 24.1 Å². The average Bonchev–Trinajstić information content (AvgIpc) is 3.18. The highest BCUT2D eigenvalue weighted by Gasteiger charge is 2.63. The van der Waals surface area contributed by atoms with Gasteiger partial charge >= 0.3 is 11.9 Å². The predicted octanol–water partition coefficient (Wildman–Crippen LogP) is 2.59. The summed E-state index contributed by atoms with van der Waals surface area (Å²) in [7, 11) is 2.52. The molecule has 4 rings (SSSR count). The minimum atomic E-state index is -0.847. The molecule has 1 aromatic rings. The smallest absolute Gasteiger partial charge is 0.357 e. The molecule has 2 atom stereocenters. The van der Waals surface area contributed by atoms with Gasteiger partial charge in [0.1, 0.15) is 5.84 Å². The highest BCUT2D eigenvalue weighted by Crippen LogP contribution is 2.55. The molecule has 37 heavy (non-hydrogen) atoms. The van der Waals surface area contributed by atoms with Gasteiger partial charge in [-0.15, -0.1) is 5.92 Å². The van der Waals surface area contributed by atoms with E-state index in [1.165, 1.54) is 14.2 Å². The molecule has 9 heteroatoms. The molecule has 0 aliphatic carbocycles. The Morgan fingerprint density at radius 3 is 2.59 bits per heavy atom. The second-order valence-corrected chi connectivity index (χ2v) is 9.45. The normalized spacial score (nSPS) is 22.1. The van der Waals surface area contributed by atoms with E-state index in [9.17, 15) is 14.4 Å². The number of fused-ring (bicyclic) bond motifs is 1. The molecule has 0 bridgehead atoms. The minimum absolute atomic E-state index is 0.0752. The van der Waals surface area contributed by atoms with Crippen molar-refractivity contribution in [1.82, 2.24) is 4.90 Å². The Balaban J connectivity index is 1.96. The van der Waals surface area contributed by atoms with Crippen LogP contribution in [0.25, 0.3) is 0 Å². The number of ether oxygens (including phenoxy) is 3. The topological polar surface area (TPSA) is 97.7 Å². The first-order valence-electron chi connectivity index (χ1n) is 12.5. The molecule has 0 aromatic heterocycles. The van der Waals surface area contributed by atoms with Crippen molar-refractivity contribution in [2.75, 3.05) is 38.8 Å². The predicted molar refractivity (Wildman–Crippen MR) is 138 cm³/mol. The molecule has 3 aliphatic rings. The highest BCUT2D eigenvalue weighted by atomic mass is 16.5. The van der Waals surface area contributed by atoms with Gasteiger partial charge in [0.25, 0.3) is 0 Å². The molecule has 1 aromatic carbocycles. The molecule has 0 unspecified atom stereocenters. The van der Waals surface area contributed by atoms with Crippen molar-refractivity contribution in [1.29, 1.82) is 0 Å². The lowest BCUT2D eigenvalue weighted by molar-refractivity contribution is -0.140. The number of amidine groups is 1. The first-order valence-corrected chi connectivity index (χ1v) is 12.5. The quantitative estimate of drug-likeness (QED) is 0.303. The number of amides is 1. The number of anilines is 1. The van der Waals surface area contributed by atoms with E-state index in [2.05, 4.69) is 11.8 Å². The van der Waals surface area contributed by atoms with Gasteiger partial charge in [0.2, 0.25) is 5.91 Å². The molecule has 0 N–H and O–H groups in total. The van der Waals surface area contributed by atoms with Crippen LogP contribution in [0.1, 0.15) is 45.6 Å². The van der Waals surface area contributed by atoms with Crippen molar-refractivity contribution >= 4 is 29.4 Å². The molecular weight excluding hydrogens is 474 g/mol. The van der Waals surface area contributed by atoms with Crippen LogP contribution >= 0.6 is 0 Å². The summed E-state index contributed by atoms with van der Waals surface area (Å²) in [5, 5.41) is 0. The molecule has 1 spiro atoms. The van der Waals surface area contributed by atoms with Crippen LogP contribution in [-0.2, 0) is 34.0 Å². The summed E-state index contributed by atoms with van der Waals surface area (Å²) in [6.07, 6.45) is 1.36. The maximum absolute atomic E-state index is 13.3. The molecule has 9 nitrogen and oxygen atoms in total. The third-order valence-electron chi connectivity index (χ3n) is 7.10. The van der Waals surface area contributed by atoms with Crippen LogP contribution in [0.15, 0.2) is 40.5 Å². The number of methoxy groups -OCH3 is 2. The van der Waals surface area contributed by atoms with Crippen LogP contribution in [0.3, 0.4) is 0 Å². The van der Waals surface area contributed by atoms with Crippen LogP contribution in [0.2, 0.25) is 0 Å². The van der Waals surface area contributed by atoms with Gasteiger partial charge in [-0.2, -0.15) is 0 Å².